The summed E-state index contributed by atoms with van der Waals surface area (Å²) in [6.45, 7) is 4.76. The van der Waals surface area contributed by atoms with Crippen LogP contribution >= 0.6 is 0 Å². The van der Waals surface area contributed by atoms with Crippen molar-refractivity contribution in [2.45, 2.75) is 32.6 Å². The van der Waals surface area contributed by atoms with Crippen LogP contribution in [-0.2, 0) is 6.42 Å². The van der Waals surface area contributed by atoms with Crippen molar-refractivity contribution in [3.8, 4) is 6.07 Å². The Bertz CT molecular complexity index is 701. The summed E-state index contributed by atoms with van der Waals surface area (Å²) in [5.41, 5.74) is 6.80. The van der Waals surface area contributed by atoms with E-state index in [9.17, 15) is 0 Å². The Hall–Kier alpha value is -2.89. The Morgan fingerprint density at radius 3 is 2.67 bits per heavy atom. The van der Waals surface area contributed by atoms with Crippen molar-refractivity contribution in [2.24, 2.45) is 0 Å². The van der Waals surface area contributed by atoms with Crippen molar-refractivity contribution in [2.75, 3.05) is 36.6 Å². The molecule has 2 heterocycles. The van der Waals surface area contributed by atoms with Gasteiger partial charge in [-0.15, -0.1) is 0 Å². The van der Waals surface area contributed by atoms with E-state index < -0.39 is 0 Å². The standard InChI is InChI=1S/C15H23N9/c1-9(2)13-19-14(21-15(20-13)24(3)4)18-7-5-6-11-10(8-16)12(17)23-22-11/h9H,5-7H2,1-4H3,(H3,17,22,23)(H,18,19,20,21). The smallest absolute Gasteiger partial charge is 0.229 e. The highest BCUT2D eigenvalue weighted by atomic mass is 15.3. The van der Waals surface area contributed by atoms with Crippen molar-refractivity contribution in [3.63, 3.8) is 0 Å². The summed E-state index contributed by atoms with van der Waals surface area (Å²) in [6.07, 6.45) is 1.46. The number of aryl methyl sites for hydroxylation is 1. The van der Waals surface area contributed by atoms with Gasteiger partial charge in [-0.1, -0.05) is 13.8 Å². The molecule has 0 aliphatic heterocycles. The molecule has 0 fully saturated rings. The summed E-state index contributed by atoms with van der Waals surface area (Å²) in [7, 11) is 3.80. The van der Waals surface area contributed by atoms with Crippen molar-refractivity contribution in [1.29, 1.82) is 5.26 Å². The third-order valence-corrected chi connectivity index (χ3v) is 3.43. The first kappa shape index (κ1) is 17.5. The van der Waals surface area contributed by atoms with Crippen LogP contribution in [0.2, 0.25) is 0 Å². The molecule has 0 aliphatic rings. The van der Waals surface area contributed by atoms with Gasteiger partial charge in [0.15, 0.2) is 5.82 Å². The fraction of sp³-hybridized carbons (Fsp3) is 0.533. The molecule has 0 aliphatic carbocycles. The molecule has 9 nitrogen and oxygen atoms in total. The third-order valence-electron chi connectivity index (χ3n) is 3.43. The molecule has 0 bridgehead atoms. The van der Waals surface area contributed by atoms with Gasteiger partial charge in [0.05, 0.1) is 5.69 Å². The maximum Gasteiger partial charge on any atom is 0.229 e. The lowest BCUT2D eigenvalue weighted by atomic mass is 10.1. The molecule has 2 rings (SSSR count). The fourth-order valence-corrected chi connectivity index (χ4v) is 2.08. The number of hydrogen-bond acceptors (Lipinski definition) is 8. The number of aromatic nitrogens is 5. The van der Waals surface area contributed by atoms with Gasteiger partial charge in [0.25, 0.3) is 0 Å². The number of nitrogen functional groups attached to an aromatic ring is 1. The zero-order chi connectivity index (χ0) is 17.7. The van der Waals surface area contributed by atoms with Crippen molar-refractivity contribution in [1.82, 2.24) is 25.1 Å². The Morgan fingerprint density at radius 1 is 1.29 bits per heavy atom. The molecule has 0 amide bonds. The second kappa shape index (κ2) is 7.59. The maximum atomic E-state index is 9.05. The van der Waals surface area contributed by atoms with E-state index >= 15 is 0 Å². The number of nitrogens with one attached hydrogen (secondary N) is 2. The largest absolute Gasteiger partial charge is 0.381 e. The van der Waals surface area contributed by atoms with E-state index in [1.54, 1.807) is 0 Å². The molecule has 0 radical (unpaired) electrons. The van der Waals surface area contributed by atoms with Crippen LogP contribution < -0.4 is 16.0 Å². The molecule has 2 aromatic rings. The van der Waals surface area contributed by atoms with E-state index in [1.807, 2.05) is 32.8 Å². The lowest BCUT2D eigenvalue weighted by Gasteiger charge is -2.14. The third kappa shape index (κ3) is 4.10. The van der Waals surface area contributed by atoms with Crippen molar-refractivity contribution < 1.29 is 0 Å². The number of rotatable bonds is 7. The minimum Gasteiger partial charge on any atom is -0.381 e. The highest BCUT2D eigenvalue weighted by Gasteiger charge is 2.12. The van der Waals surface area contributed by atoms with Crippen LogP contribution in [0, 0.1) is 11.3 Å². The van der Waals surface area contributed by atoms with Crippen LogP contribution in [0.25, 0.3) is 0 Å². The molecule has 0 saturated heterocycles. The van der Waals surface area contributed by atoms with Crippen LogP contribution in [0.5, 0.6) is 0 Å². The number of aromatic amines is 1. The summed E-state index contributed by atoms with van der Waals surface area (Å²) in [6, 6.07) is 2.06. The van der Waals surface area contributed by atoms with Gasteiger partial charge in [-0.25, -0.2) is 0 Å². The predicted molar refractivity (Wildman–Crippen MR) is 92.8 cm³/mol. The highest BCUT2D eigenvalue weighted by Crippen LogP contribution is 2.16. The topological polar surface area (TPSA) is 132 Å². The second-order valence-electron chi connectivity index (χ2n) is 5.97. The van der Waals surface area contributed by atoms with Gasteiger partial charge in [0.1, 0.15) is 17.5 Å². The van der Waals surface area contributed by atoms with E-state index in [-0.39, 0.29) is 11.7 Å². The first-order valence-corrected chi connectivity index (χ1v) is 7.82. The van der Waals surface area contributed by atoms with Gasteiger partial charge in [0.2, 0.25) is 11.9 Å². The van der Waals surface area contributed by atoms with Gasteiger partial charge in [-0.2, -0.15) is 25.3 Å². The Morgan fingerprint density at radius 2 is 2.04 bits per heavy atom. The first-order chi connectivity index (χ1) is 11.4. The molecule has 128 valence electrons. The SMILES string of the molecule is CC(C)c1nc(NCCCc2[nH]nc(N)c2C#N)nc(N(C)C)n1. The molecular formula is C15H23N9. The maximum absolute atomic E-state index is 9.05. The van der Waals surface area contributed by atoms with Crippen LogP contribution in [0.4, 0.5) is 17.7 Å². The van der Waals surface area contributed by atoms with Gasteiger partial charge in [-0.05, 0) is 12.8 Å². The summed E-state index contributed by atoms with van der Waals surface area (Å²) in [5, 5.41) is 18.9. The minimum atomic E-state index is 0.221. The average molecular weight is 329 g/mol. The monoisotopic (exact) mass is 329 g/mol. The van der Waals surface area contributed by atoms with Gasteiger partial charge >= 0.3 is 0 Å². The van der Waals surface area contributed by atoms with Crippen LogP contribution in [0.1, 0.15) is 43.3 Å². The molecule has 2 aromatic heterocycles. The van der Waals surface area contributed by atoms with Crippen molar-refractivity contribution >= 4 is 17.7 Å². The normalized spacial score (nSPS) is 10.7. The predicted octanol–water partition coefficient (Wildman–Crippen LogP) is 1.28. The lowest BCUT2D eigenvalue weighted by Crippen LogP contribution is -2.17. The zero-order valence-electron chi connectivity index (χ0n) is 14.5. The number of nitrogens with zero attached hydrogens (tertiary/aromatic N) is 6. The second-order valence-corrected chi connectivity index (χ2v) is 5.97. The zero-order valence-corrected chi connectivity index (χ0v) is 14.5. The van der Waals surface area contributed by atoms with E-state index in [0.717, 1.165) is 17.9 Å². The molecule has 0 unspecified atom stereocenters. The molecule has 0 aromatic carbocycles. The summed E-state index contributed by atoms with van der Waals surface area (Å²) in [4.78, 5) is 15.1. The molecule has 24 heavy (non-hydrogen) atoms. The number of hydrogen-bond donors (Lipinski definition) is 3. The van der Waals surface area contributed by atoms with Gasteiger partial charge < -0.3 is 16.0 Å². The fourth-order valence-electron chi connectivity index (χ4n) is 2.08. The first-order valence-electron chi connectivity index (χ1n) is 7.82. The van der Waals surface area contributed by atoms with E-state index in [4.69, 9.17) is 11.0 Å². The molecular weight excluding hydrogens is 306 g/mol. The molecule has 4 N–H and O–H groups in total. The molecule has 0 atom stereocenters. The summed E-state index contributed by atoms with van der Waals surface area (Å²) >= 11 is 0. The molecule has 9 heteroatoms. The number of anilines is 3. The lowest BCUT2D eigenvalue weighted by molar-refractivity contribution is 0.749. The summed E-state index contributed by atoms with van der Waals surface area (Å²) in [5.74, 6) is 2.41. The minimum absolute atomic E-state index is 0.221. The Kier molecular flexibility index (Phi) is 5.52. The molecule has 0 spiro atoms. The van der Waals surface area contributed by atoms with Crippen LogP contribution in [-0.4, -0.2) is 45.8 Å². The van der Waals surface area contributed by atoms with Crippen LogP contribution in [0.15, 0.2) is 0 Å². The molecule has 0 saturated carbocycles. The number of nitrogens with two attached hydrogens (primary N) is 1. The van der Waals surface area contributed by atoms with Gasteiger partial charge in [-0.3, -0.25) is 5.10 Å². The number of nitriles is 1. The van der Waals surface area contributed by atoms with E-state index in [0.29, 0.717) is 30.4 Å². The quantitative estimate of drug-likeness (QED) is 0.647. The highest BCUT2D eigenvalue weighted by molar-refractivity contribution is 5.50. The average Bonchev–Trinajstić information content (AvgIpc) is 2.91. The van der Waals surface area contributed by atoms with Gasteiger partial charge in [0, 0.05) is 26.6 Å². The van der Waals surface area contributed by atoms with E-state index in [2.05, 4.69) is 36.5 Å². The van der Waals surface area contributed by atoms with Crippen molar-refractivity contribution in [3.05, 3.63) is 17.1 Å². The Labute approximate surface area is 141 Å². The number of H-pyrrole nitrogens is 1. The van der Waals surface area contributed by atoms with E-state index in [1.165, 1.54) is 0 Å². The Balaban J connectivity index is 1.98. The summed E-state index contributed by atoms with van der Waals surface area (Å²) < 4.78 is 0. The van der Waals surface area contributed by atoms with Crippen LogP contribution in [0.3, 0.4) is 0 Å².